The third-order valence-corrected chi connectivity index (χ3v) is 8.11. The summed E-state index contributed by atoms with van der Waals surface area (Å²) in [6, 6.07) is 6.04. The van der Waals surface area contributed by atoms with Gasteiger partial charge in [0.1, 0.15) is 5.75 Å². The minimum absolute atomic E-state index is 0.00781. The van der Waals surface area contributed by atoms with Gasteiger partial charge in [-0.05, 0) is 50.3 Å². The molecule has 1 amide bonds. The van der Waals surface area contributed by atoms with Gasteiger partial charge in [0.2, 0.25) is 5.91 Å². The molecule has 1 saturated carbocycles. The third kappa shape index (κ3) is 1.67. The van der Waals surface area contributed by atoms with Gasteiger partial charge in [-0.1, -0.05) is 19.1 Å². The molecule has 3 aliphatic heterocycles. The molecule has 26 heavy (non-hydrogen) atoms. The number of rotatable bonds is 1. The zero-order valence-corrected chi connectivity index (χ0v) is 15.6. The largest absolute Gasteiger partial charge is 0.506 e. The van der Waals surface area contributed by atoms with E-state index in [1.165, 1.54) is 0 Å². The van der Waals surface area contributed by atoms with Crippen LogP contribution in [0.15, 0.2) is 18.2 Å². The van der Waals surface area contributed by atoms with Gasteiger partial charge in [0.15, 0.2) is 0 Å². The molecule has 1 aromatic carbocycles. The number of aliphatic hydroxyl groups is 1. The Morgan fingerprint density at radius 1 is 1.27 bits per heavy atom. The molecule has 3 fully saturated rings. The van der Waals surface area contributed by atoms with E-state index in [4.69, 9.17) is 0 Å². The highest BCUT2D eigenvalue weighted by atomic mass is 16.3. The van der Waals surface area contributed by atoms with Gasteiger partial charge in [0.25, 0.3) is 0 Å². The number of piperidine rings is 1. The van der Waals surface area contributed by atoms with Crippen molar-refractivity contribution >= 4 is 11.6 Å². The maximum absolute atomic E-state index is 12.6. The number of carbonyl (C=O) groups excluding carboxylic acids is 1. The quantitative estimate of drug-likeness (QED) is 0.811. The van der Waals surface area contributed by atoms with E-state index in [2.05, 4.69) is 17.9 Å². The average Bonchev–Trinajstić information content (AvgIpc) is 3.16. The Hall–Kier alpha value is -1.59. The highest BCUT2D eigenvalue weighted by molar-refractivity contribution is 5.98. The van der Waals surface area contributed by atoms with Crippen LogP contribution in [-0.4, -0.2) is 52.3 Å². The van der Waals surface area contributed by atoms with Crippen molar-refractivity contribution in [1.29, 1.82) is 0 Å². The van der Waals surface area contributed by atoms with Gasteiger partial charge in [-0.15, -0.1) is 0 Å². The summed E-state index contributed by atoms with van der Waals surface area (Å²) in [6.07, 6.45) is 4.35. The summed E-state index contributed by atoms with van der Waals surface area (Å²) in [5.41, 5.74) is 1.56. The van der Waals surface area contributed by atoms with Gasteiger partial charge in [0.05, 0.1) is 11.8 Å². The summed E-state index contributed by atoms with van der Waals surface area (Å²) in [6.45, 7) is 5.76. The van der Waals surface area contributed by atoms with Crippen molar-refractivity contribution in [2.45, 2.75) is 69.6 Å². The Kier molecular flexibility index (Phi) is 3.33. The second-order valence-corrected chi connectivity index (χ2v) is 8.74. The number of phenols is 1. The smallest absolute Gasteiger partial charge is 0.224 e. The first-order chi connectivity index (χ1) is 12.5. The molecule has 0 radical (unpaired) electrons. The zero-order chi connectivity index (χ0) is 18.3. The molecule has 5 unspecified atom stereocenters. The minimum atomic E-state index is -0.281. The van der Waals surface area contributed by atoms with Gasteiger partial charge in [-0.2, -0.15) is 0 Å². The van der Waals surface area contributed by atoms with Gasteiger partial charge >= 0.3 is 0 Å². The molecule has 1 aromatic rings. The Bertz CT molecular complexity index is 781. The van der Waals surface area contributed by atoms with E-state index in [0.717, 1.165) is 56.4 Å². The first-order valence-electron chi connectivity index (χ1n) is 10.0. The van der Waals surface area contributed by atoms with Gasteiger partial charge in [-0.3, -0.25) is 9.69 Å². The van der Waals surface area contributed by atoms with Crippen LogP contribution in [0.3, 0.4) is 0 Å². The molecule has 1 aliphatic carbocycles. The summed E-state index contributed by atoms with van der Waals surface area (Å²) in [4.78, 5) is 17.1. The maximum atomic E-state index is 12.6. The molecule has 2 saturated heterocycles. The lowest BCUT2D eigenvalue weighted by atomic mass is 9.51. The highest BCUT2D eigenvalue weighted by Gasteiger charge is 2.70. The SMILES string of the molecule is CCC12CCC3N(C(C)=O)c4c(O)cccc4C34CCN(CCC1O)C24. The van der Waals surface area contributed by atoms with Crippen molar-refractivity contribution in [1.82, 2.24) is 4.90 Å². The summed E-state index contributed by atoms with van der Waals surface area (Å²) >= 11 is 0. The Labute approximate surface area is 154 Å². The van der Waals surface area contributed by atoms with Crippen molar-refractivity contribution in [2.75, 3.05) is 18.0 Å². The molecule has 5 rings (SSSR count). The van der Waals surface area contributed by atoms with Crippen molar-refractivity contribution in [3.63, 3.8) is 0 Å². The summed E-state index contributed by atoms with van der Waals surface area (Å²) < 4.78 is 0. The first-order valence-corrected chi connectivity index (χ1v) is 10.0. The Balaban J connectivity index is 1.78. The molecule has 1 spiro atoms. The standard InChI is InChI=1S/C21H28N2O3/c1-3-20-9-7-16-21(10-12-22(19(20)21)11-8-17(20)26)14-5-4-6-15(25)18(14)23(16)13(2)24/h4-6,16-17,19,25-26H,3,7-12H2,1-2H3. The molecular weight excluding hydrogens is 328 g/mol. The number of benzene rings is 1. The van der Waals surface area contributed by atoms with E-state index in [1.54, 1.807) is 13.0 Å². The van der Waals surface area contributed by atoms with Crippen LogP contribution >= 0.6 is 0 Å². The van der Waals surface area contributed by atoms with E-state index in [0.29, 0.717) is 0 Å². The fourth-order valence-electron chi connectivity index (χ4n) is 7.23. The fourth-order valence-corrected chi connectivity index (χ4v) is 7.23. The minimum Gasteiger partial charge on any atom is -0.506 e. The molecule has 0 bridgehead atoms. The topological polar surface area (TPSA) is 64.0 Å². The molecule has 3 heterocycles. The molecule has 5 nitrogen and oxygen atoms in total. The van der Waals surface area contributed by atoms with Crippen LogP contribution in [0.1, 0.15) is 51.5 Å². The van der Waals surface area contributed by atoms with E-state index < -0.39 is 0 Å². The number of fused-ring (bicyclic) bond motifs is 1. The maximum Gasteiger partial charge on any atom is 0.224 e. The normalized spacial score (nSPS) is 40.9. The van der Waals surface area contributed by atoms with Crippen LogP contribution in [0, 0.1) is 5.41 Å². The molecule has 0 aromatic heterocycles. The summed E-state index contributed by atoms with van der Waals surface area (Å²) in [5, 5.41) is 21.7. The van der Waals surface area contributed by atoms with E-state index in [9.17, 15) is 15.0 Å². The van der Waals surface area contributed by atoms with Crippen LogP contribution in [0.2, 0.25) is 0 Å². The van der Waals surface area contributed by atoms with E-state index in [-0.39, 0.29) is 40.7 Å². The predicted molar refractivity (Wildman–Crippen MR) is 99.3 cm³/mol. The molecule has 4 aliphatic rings. The van der Waals surface area contributed by atoms with Crippen LogP contribution < -0.4 is 4.90 Å². The van der Waals surface area contributed by atoms with Gasteiger partial charge in [-0.25, -0.2) is 0 Å². The van der Waals surface area contributed by atoms with Crippen LogP contribution in [-0.2, 0) is 10.2 Å². The lowest BCUT2D eigenvalue weighted by Crippen LogP contribution is -2.68. The number of phenolic OH excluding ortho intramolecular Hbond substituents is 1. The van der Waals surface area contributed by atoms with Crippen molar-refractivity contribution in [3.05, 3.63) is 23.8 Å². The van der Waals surface area contributed by atoms with Crippen molar-refractivity contribution in [2.24, 2.45) is 5.41 Å². The fraction of sp³-hybridized carbons (Fsp3) is 0.667. The van der Waals surface area contributed by atoms with Crippen molar-refractivity contribution in [3.8, 4) is 5.75 Å². The molecular formula is C21H28N2O3. The summed E-state index contributed by atoms with van der Waals surface area (Å²) in [5.74, 6) is 0.215. The highest BCUT2D eigenvalue weighted by Crippen LogP contribution is 2.66. The van der Waals surface area contributed by atoms with Crippen LogP contribution in [0.4, 0.5) is 5.69 Å². The number of carbonyl (C=O) groups is 1. The second kappa shape index (κ2) is 5.23. The number of aliphatic hydroxyl groups excluding tert-OH is 1. The monoisotopic (exact) mass is 356 g/mol. The Morgan fingerprint density at radius 3 is 2.81 bits per heavy atom. The number of para-hydroxylation sites is 1. The number of hydrogen-bond donors (Lipinski definition) is 2. The lowest BCUT2D eigenvalue weighted by molar-refractivity contribution is -0.125. The van der Waals surface area contributed by atoms with E-state index in [1.807, 2.05) is 11.0 Å². The van der Waals surface area contributed by atoms with Crippen LogP contribution in [0.25, 0.3) is 0 Å². The number of anilines is 1. The van der Waals surface area contributed by atoms with Crippen LogP contribution in [0.5, 0.6) is 5.75 Å². The average molecular weight is 356 g/mol. The lowest BCUT2D eigenvalue weighted by Gasteiger charge is -2.60. The zero-order valence-electron chi connectivity index (χ0n) is 15.6. The predicted octanol–water partition coefficient (Wildman–Crippen LogP) is 2.39. The van der Waals surface area contributed by atoms with Crippen molar-refractivity contribution < 1.29 is 15.0 Å². The third-order valence-electron chi connectivity index (χ3n) is 8.11. The van der Waals surface area contributed by atoms with Gasteiger partial charge < -0.3 is 15.1 Å². The molecule has 140 valence electrons. The number of nitrogens with zero attached hydrogens (tertiary/aromatic N) is 2. The second-order valence-electron chi connectivity index (χ2n) is 8.74. The first kappa shape index (κ1) is 16.6. The number of aromatic hydroxyl groups is 1. The van der Waals surface area contributed by atoms with E-state index >= 15 is 0 Å². The summed E-state index contributed by atoms with van der Waals surface area (Å²) in [7, 11) is 0. The van der Waals surface area contributed by atoms with Gasteiger partial charge in [0, 0.05) is 36.4 Å². The molecule has 5 heteroatoms. The molecule has 5 atom stereocenters. The Morgan fingerprint density at radius 2 is 2.08 bits per heavy atom. The molecule has 2 N–H and O–H groups in total. The number of amides is 1. The number of hydrogen-bond acceptors (Lipinski definition) is 4.